The number of aromatic amines is 1. The molecule has 0 unspecified atom stereocenters. The number of likely N-dealkylation sites (N-methyl/N-ethyl adjacent to an activating group) is 1. The standard InChI is InChI=1S/C14H24N4O3/c1-14(2,3)21-12(19)10-18(9-8-17(4)5)13(20)11-6-7-15-16-11/h6-7H,8-10H2,1-5H3,(H,15,16). The van der Waals surface area contributed by atoms with Crippen molar-refractivity contribution in [3.8, 4) is 0 Å². The number of H-pyrrole nitrogens is 1. The third-order valence-corrected chi connectivity index (χ3v) is 2.58. The van der Waals surface area contributed by atoms with Crippen LogP contribution in [0.4, 0.5) is 0 Å². The summed E-state index contributed by atoms with van der Waals surface area (Å²) in [6.07, 6.45) is 1.50. The Hall–Kier alpha value is -1.89. The average molecular weight is 296 g/mol. The number of hydrogen-bond acceptors (Lipinski definition) is 5. The molecule has 0 radical (unpaired) electrons. The second-order valence-corrected chi connectivity index (χ2v) is 6.09. The van der Waals surface area contributed by atoms with Crippen molar-refractivity contribution < 1.29 is 14.3 Å². The van der Waals surface area contributed by atoms with Crippen LogP contribution < -0.4 is 0 Å². The van der Waals surface area contributed by atoms with Crippen molar-refractivity contribution in [3.05, 3.63) is 18.0 Å². The maximum Gasteiger partial charge on any atom is 0.326 e. The van der Waals surface area contributed by atoms with Gasteiger partial charge in [-0.3, -0.25) is 14.7 Å². The van der Waals surface area contributed by atoms with Gasteiger partial charge in [-0.25, -0.2) is 0 Å². The highest BCUT2D eigenvalue weighted by Crippen LogP contribution is 2.08. The second-order valence-electron chi connectivity index (χ2n) is 6.09. The van der Waals surface area contributed by atoms with Gasteiger partial charge in [-0.15, -0.1) is 0 Å². The number of amides is 1. The normalized spacial score (nSPS) is 11.5. The van der Waals surface area contributed by atoms with Crippen molar-refractivity contribution >= 4 is 11.9 Å². The fourth-order valence-corrected chi connectivity index (χ4v) is 1.65. The maximum atomic E-state index is 12.3. The van der Waals surface area contributed by atoms with Crippen molar-refractivity contribution in [2.24, 2.45) is 0 Å². The third-order valence-electron chi connectivity index (χ3n) is 2.58. The molecule has 7 nitrogen and oxygen atoms in total. The summed E-state index contributed by atoms with van der Waals surface area (Å²) < 4.78 is 5.27. The van der Waals surface area contributed by atoms with Crippen LogP contribution in [0.1, 0.15) is 31.3 Å². The van der Waals surface area contributed by atoms with Gasteiger partial charge in [-0.2, -0.15) is 5.10 Å². The number of nitrogens with zero attached hydrogens (tertiary/aromatic N) is 3. The van der Waals surface area contributed by atoms with E-state index in [1.165, 1.54) is 11.1 Å². The molecule has 1 heterocycles. The minimum atomic E-state index is -0.568. The molecule has 0 saturated heterocycles. The quantitative estimate of drug-likeness (QED) is 0.784. The smallest absolute Gasteiger partial charge is 0.326 e. The molecule has 0 aromatic carbocycles. The second kappa shape index (κ2) is 7.21. The molecule has 0 aliphatic carbocycles. The van der Waals surface area contributed by atoms with E-state index in [9.17, 15) is 9.59 Å². The molecule has 21 heavy (non-hydrogen) atoms. The van der Waals surface area contributed by atoms with Crippen molar-refractivity contribution in [3.63, 3.8) is 0 Å². The Balaban J connectivity index is 2.73. The fourth-order valence-electron chi connectivity index (χ4n) is 1.65. The fraction of sp³-hybridized carbons (Fsp3) is 0.643. The summed E-state index contributed by atoms with van der Waals surface area (Å²) in [6, 6.07) is 1.58. The minimum absolute atomic E-state index is 0.0804. The molecule has 0 atom stereocenters. The highest BCUT2D eigenvalue weighted by molar-refractivity contribution is 5.94. The van der Waals surface area contributed by atoms with Crippen LogP contribution in [-0.4, -0.2) is 71.2 Å². The predicted molar refractivity (Wildman–Crippen MR) is 78.9 cm³/mol. The summed E-state index contributed by atoms with van der Waals surface area (Å²) in [4.78, 5) is 27.7. The van der Waals surface area contributed by atoms with E-state index in [4.69, 9.17) is 4.74 Å². The number of ether oxygens (including phenoxy) is 1. The van der Waals surface area contributed by atoms with E-state index in [1.807, 2.05) is 19.0 Å². The maximum absolute atomic E-state index is 12.3. The highest BCUT2D eigenvalue weighted by atomic mass is 16.6. The third kappa shape index (κ3) is 6.40. The Kier molecular flexibility index (Phi) is 5.90. The lowest BCUT2D eigenvalue weighted by molar-refractivity contribution is -0.155. The largest absolute Gasteiger partial charge is 0.459 e. The molecule has 0 aliphatic heterocycles. The van der Waals surface area contributed by atoms with Gasteiger partial charge in [0.1, 0.15) is 17.8 Å². The van der Waals surface area contributed by atoms with Gasteiger partial charge in [0.15, 0.2) is 0 Å². The van der Waals surface area contributed by atoms with E-state index in [-0.39, 0.29) is 12.5 Å². The Labute approximate surface area is 125 Å². The summed E-state index contributed by atoms with van der Waals surface area (Å²) in [5.74, 6) is -0.686. The molecule has 0 fully saturated rings. The number of rotatable bonds is 6. The first kappa shape index (κ1) is 17.2. The van der Waals surface area contributed by atoms with Crippen LogP contribution in [0.3, 0.4) is 0 Å². The lowest BCUT2D eigenvalue weighted by atomic mass is 10.2. The zero-order valence-electron chi connectivity index (χ0n) is 13.3. The molecule has 1 rings (SSSR count). The molecule has 0 bridgehead atoms. The van der Waals surface area contributed by atoms with Crippen LogP contribution in [0.5, 0.6) is 0 Å². The number of nitrogens with one attached hydrogen (secondary N) is 1. The van der Waals surface area contributed by atoms with Gasteiger partial charge in [-0.05, 0) is 40.9 Å². The number of carbonyl (C=O) groups excluding carboxylic acids is 2. The zero-order valence-corrected chi connectivity index (χ0v) is 13.3. The van der Waals surface area contributed by atoms with E-state index in [0.29, 0.717) is 18.8 Å². The molecular formula is C14H24N4O3. The Morgan fingerprint density at radius 3 is 2.43 bits per heavy atom. The van der Waals surface area contributed by atoms with Gasteiger partial charge in [0.2, 0.25) is 0 Å². The predicted octanol–water partition coefficient (Wildman–Crippen LogP) is 0.755. The van der Waals surface area contributed by atoms with E-state index < -0.39 is 11.6 Å². The van der Waals surface area contributed by atoms with Gasteiger partial charge < -0.3 is 14.5 Å². The zero-order chi connectivity index (χ0) is 16.0. The van der Waals surface area contributed by atoms with Crippen LogP contribution in [-0.2, 0) is 9.53 Å². The number of hydrogen-bond donors (Lipinski definition) is 1. The molecule has 1 N–H and O–H groups in total. The molecule has 1 aromatic rings. The van der Waals surface area contributed by atoms with Gasteiger partial charge in [0.05, 0.1) is 0 Å². The van der Waals surface area contributed by atoms with Crippen molar-refractivity contribution in [2.45, 2.75) is 26.4 Å². The van der Waals surface area contributed by atoms with Crippen LogP contribution in [0.15, 0.2) is 12.3 Å². The van der Waals surface area contributed by atoms with Crippen molar-refractivity contribution in [2.75, 3.05) is 33.7 Å². The topological polar surface area (TPSA) is 78.5 Å². The van der Waals surface area contributed by atoms with Gasteiger partial charge in [-0.1, -0.05) is 0 Å². The summed E-state index contributed by atoms with van der Waals surface area (Å²) >= 11 is 0. The van der Waals surface area contributed by atoms with Gasteiger partial charge in [0.25, 0.3) is 5.91 Å². The summed E-state index contributed by atoms with van der Waals surface area (Å²) in [7, 11) is 3.82. The molecule has 0 aliphatic rings. The molecule has 1 aromatic heterocycles. The molecule has 0 spiro atoms. The van der Waals surface area contributed by atoms with Crippen LogP contribution in [0.25, 0.3) is 0 Å². The average Bonchev–Trinajstić information content (AvgIpc) is 2.84. The summed E-state index contributed by atoms with van der Waals surface area (Å²) in [5, 5.41) is 6.38. The van der Waals surface area contributed by atoms with Gasteiger partial charge >= 0.3 is 5.97 Å². The molecule has 7 heteroatoms. The lowest BCUT2D eigenvalue weighted by Crippen LogP contribution is -2.42. The van der Waals surface area contributed by atoms with E-state index in [2.05, 4.69) is 10.2 Å². The van der Waals surface area contributed by atoms with Crippen LogP contribution in [0, 0.1) is 0 Å². The van der Waals surface area contributed by atoms with Crippen molar-refractivity contribution in [1.82, 2.24) is 20.0 Å². The Bertz CT molecular complexity index is 463. The van der Waals surface area contributed by atoms with Gasteiger partial charge in [0, 0.05) is 19.3 Å². The first-order valence-electron chi connectivity index (χ1n) is 6.84. The van der Waals surface area contributed by atoms with Crippen LogP contribution >= 0.6 is 0 Å². The summed E-state index contributed by atoms with van der Waals surface area (Å²) in [5.41, 5.74) is -0.209. The molecule has 1 amide bonds. The lowest BCUT2D eigenvalue weighted by Gasteiger charge is -2.25. The first-order valence-corrected chi connectivity index (χ1v) is 6.84. The molecule has 118 valence electrons. The minimum Gasteiger partial charge on any atom is -0.459 e. The number of aromatic nitrogens is 2. The first-order chi connectivity index (χ1) is 9.69. The van der Waals surface area contributed by atoms with Crippen molar-refractivity contribution in [1.29, 1.82) is 0 Å². The van der Waals surface area contributed by atoms with E-state index >= 15 is 0 Å². The molecule has 0 saturated carbocycles. The Morgan fingerprint density at radius 1 is 1.29 bits per heavy atom. The number of carbonyl (C=O) groups is 2. The van der Waals surface area contributed by atoms with E-state index in [1.54, 1.807) is 26.8 Å². The molecular weight excluding hydrogens is 272 g/mol. The number of esters is 1. The summed E-state index contributed by atoms with van der Waals surface area (Å²) in [6.45, 7) is 6.40. The van der Waals surface area contributed by atoms with E-state index in [0.717, 1.165) is 0 Å². The Morgan fingerprint density at radius 2 is 1.95 bits per heavy atom. The highest BCUT2D eigenvalue weighted by Gasteiger charge is 2.23. The van der Waals surface area contributed by atoms with Crippen LogP contribution in [0.2, 0.25) is 0 Å². The monoisotopic (exact) mass is 296 g/mol. The SMILES string of the molecule is CN(C)CCN(CC(=O)OC(C)(C)C)C(=O)c1ccn[nH]1.